The van der Waals surface area contributed by atoms with Crippen LogP contribution in [0.3, 0.4) is 0 Å². The number of fused-ring (bicyclic) bond motifs is 1. The molecule has 40 heavy (non-hydrogen) atoms. The molecule has 215 valence electrons. The number of thiophene rings is 1. The first-order valence-corrected chi connectivity index (χ1v) is 14.9. The van der Waals surface area contributed by atoms with Crippen molar-refractivity contribution in [2.24, 2.45) is 11.8 Å². The Hall–Kier alpha value is -2.59. The molecule has 0 unspecified atom stereocenters. The second-order valence-electron chi connectivity index (χ2n) is 10.2. The van der Waals surface area contributed by atoms with Crippen LogP contribution in [0.2, 0.25) is 0 Å². The minimum Gasteiger partial charge on any atom is -0.512 e. The number of hydrogen-bond donors (Lipinski definition) is 1. The van der Waals surface area contributed by atoms with Gasteiger partial charge in [0.25, 0.3) is 0 Å². The molecule has 0 amide bonds. The van der Waals surface area contributed by atoms with Crippen LogP contribution in [-0.2, 0) is 24.9 Å². The van der Waals surface area contributed by atoms with Crippen LogP contribution in [0.15, 0.2) is 66.6 Å². The van der Waals surface area contributed by atoms with Crippen molar-refractivity contribution in [3.8, 4) is 21.7 Å². The van der Waals surface area contributed by atoms with E-state index in [2.05, 4.69) is 75.4 Å². The van der Waals surface area contributed by atoms with E-state index in [1.807, 2.05) is 45.2 Å². The van der Waals surface area contributed by atoms with Gasteiger partial charge in [-0.3, -0.25) is 4.79 Å². The molecule has 3 nitrogen and oxygen atoms in total. The molecule has 0 atom stereocenters. The maximum Gasteiger partial charge on any atom is 0.162 e. The van der Waals surface area contributed by atoms with Crippen molar-refractivity contribution < 1.29 is 30.0 Å². The van der Waals surface area contributed by atoms with Gasteiger partial charge in [-0.15, -0.1) is 46.2 Å². The van der Waals surface area contributed by atoms with Crippen molar-refractivity contribution in [2.45, 2.75) is 74.1 Å². The van der Waals surface area contributed by atoms with Crippen molar-refractivity contribution in [1.29, 1.82) is 0 Å². The van der Waals surface area contributed by atoms with Crippen LogP contribution in [0.1, 0.15) is 70.1 Å². The van der Waals surface area contributed by atoms with E-state index in [9.17, 15) is 9.90 Å². The standard InChI is InChI=1S/C22H18NS.C13H24O2.Ir/c1-14-9-15(2)11-18(10-14)20-12-21-19(13-23-20)16(3)22(24-21)17-7-5-4-6-8-17;1-5-10(6-2)12(14)9-13(15)11(7-3)8-4;/h4-10,12-13H,1-3H3;9-11,14H,5-8H2,1-4H3;/q-1;;/b;12-9-;. The molecule has 1 N–H and O–H groups in total. The van der Waals surface area contributed by atoms with E-state index in [1.54, 1.807) is 0 Å². The van der Waals surface area contributed by atoms with Crippen molar-refractivity contribution in [1.82, 2.24) is 4.98 Å². The summed E-state index contributed by atoms with van der Waals surface area (Å²) in [7, 11) is 0. The first kappa shape index (κ1) is 33.6. The number of aromatic nitrogens is 1. The Morgan fingerprint density at radius 2 is 1.57 bits per heavy atom. The van der Waals surface area contributed by atoms with Crippen molar-refractivity contribution in [3.05, 3.63) is 89.3 Å². The van der Waals surface area contributed by atoms with Gasteiger partial charge in [0.2, 0.25) is 0 Å². The van der Waals surface area contributed by atoms with E-state index in [-0.39, 0.29) is 43.5 Å². The van der Waals surface area contributed by atoms with Crippen molar-refractivity contribution >= 4 is 27.2 Å². The molecule has 4 aromatic rings. The number of aliphatic hydroxyl groups excluding tert-OH is 1. The molecule has 0 bridgehead atoms. The third-order valence-electron chi connectivity index (χ3n) is 7.36. The largest absolute Gasteiger partial charge is 0.512 e. The Morgan fingerprint density at radius 3 is 2.15 bits per heavy atom. The topological polar surface area (TPSA) is 50.2 Å². The van der Waals surface area contributed by atoms with E-state index in [0.29, 0.717) is 0 Å². The summed E-state index contributed by atoms with van der Waals surface area (Å²) in [5, 5.41) is 11.0. The number of pyridine rings is 1. The van der Waals surface area contributed by atoms with Crippen LogP contribution in [0, 0.1) is 38.7 Å². The van der Waals surface area contributed by atoms with E-state index in [0.717, 1.165) is 42.5 Å². The molecule has 2 aromatic heterocycles. The van der Waals surface area contributed by atoms with E-state index >= 15 is 0 Å². The number of allylic oxidation sites excluding steroid dienone is 2. The molecule has 1 radical (unpaired) electrons. The maximum absolute atomic E-state index is 11.7. The van der Waals surface area contributed by atoms with Crippen LogP contribution in [-0.4, -0.2) is 15.9 Å². The SMILES string of the molecule is CCC(CC)C(=O)/C=C(\O)C(CC)CC.Cc1[c-]c(-c2cc3sc(-c4ccccc4)c(C)c3cn2)cc(C)c1.[Ir]. The average molecular weight is 733 g/mol. The number of rotatable bonds is 9. The molecule has 0 saturated carbocycles. The first-order chi connectivity index (χ1) is 18.7. The quantitative estimate of drug-likeness (QED) is 0.106. The number of carbonyl (C=O) groups excluding carboxylic acids is 1. The molecule has 0 aliphatic rings. The Bertz CT molecular complexity index is 1400. The Labute approximate surface area is 258 Å². The van der Waals surface area contributed by atoms with Gasteiger partial charge in [-0.25, -0.2) is 0 Å². The monoisotopic (exact) mass is 733 g/mol. The first-order valence-electron chi connectivity index (χ1n) is 14.1. The molecule has 2 aromatic carbocycles. The second-order valence-corrected chi connectivity index (χ2v) is 11.3. The zero-order valence-corrected chi connectivity index (χ0v) is 28.0. The predicted molar refractivity (Wildman–Crippen MR) is 167 cm³/mol. The maximum atomic E-state index is 11.7. The van der Waals surface area contributed by atoms with Gasteiger partial charge < -0.3 is 10.1 Å². The molecule has 0 spiro atoms. The summed E-state index contributed by atoms with van der Waals surface area (Å²) in [6, 6.07) is 20.5. The Kier molecular flexibility index (Phi) is 13.4. The predicted octanol–water partition coefficient (Wildman–Crippen LogP) is 10.2. The molecule has 2 heterocycles. The number of ketones is 1. The molecule has 0 aliphatic heterocycles. The number of carbonyl (C=O) groups is 1. The summed E-state index contributed by atoms with van der Waals surface area (Å²) < 4.78 is 1.28. The van der Waals surface area contributed by atoms with E-state index in [1.165, 1.54) is 37.7 Å². The summed E-state index contributed by atoms with van der Waals surface area (Å²) in [5.41, 5.74) is 7.05. The van der Waals surface area contributed by atoms with Gasteiger partial charge >= 0.3 is 0 Å². The average Bonchev–Trinajstić information content (AvgIpc) is 3.26. The minimum absolute atomic E-state index is 0. The smallest absolute Gasteiger partial charge is 0.162 e. The summed E-state index contributed by atoms with van der Waals surface area (Å²) in [6.45, 7) is 14.5. The number of nitrogens with zero attached hydrogens (tertiary/aromatic N) is 1. The van der Waals surface area contributed by atoms with E-state index in [4.69, 9.17) is 4.98 Å². The third kappa shape index (κ3) is 8.46. The van der Waals surface area contributed by atoms with Gasteiger partial charge in [0.1, 0.15) is 0 Å². The molecule has 0 fully saturated rings. The zero-order chi connectivity index (χ0) is 28.5. The van der Waals surface area contributed by atoms with Gasteiger partial charge in [0, 0.05) is 59.2 Å². The summed E-state index contributed by atoms with van der Waals surface area (Å²) in [5.74, 6) is 0.547. The number of aryl methyl sites for hydroxylation is 3. The Morgan fingerprint density at radius 1 is 0.950 bits per heavy atom. The van der Waals surface area contributed by atoms with Gasteiger partial charge in [-0.05, 0) is 49.4 Å². The third-order valence-corrected chi connectivity index (χ3v) is 8.67. The van der Waals surface area contributed by atoms with Crippen LogP contribution in [0.5, 0.6) is 0 Å². The van der Waals surface area contributed by atoms with E-state index < -0.39 is 0 Å². The second kappa shape index (κ2) is 16.0. The zero-order valence-electron chi connectivity index (χ0n) is 24.8. The number of benzene rings is 2. The van der Waals surface area contributed by atoms with Gasteiger partial charge in [0.05, 0.1) is 5.76 Å². The van der Waals surface area contributed by atoms with Crippen molar-refractivity contribution in [2.75, 3.05) is 0 Å². The fourth-order valence-electron chi connectivity index (χ4n) is 4.94. The molecule has 4 rings (SSSR count). The van der Waals surface area contributed by atoms with Crippen LogP contribution >= 0.6 is 11.3 Å². The molecular weight excluding hydrogens is 691 g/mol. The fraction of sp³-hybridized carbons (Fsp3) is 0.371. The van der Waals surface area contributed by atoms with Gasteiger partial charge in [0.15, 0.2) is 5.78 Å². The summed E-state index contributed by atoms with van der Waals surface area (Å²) in [6.07, 6.45) is 6.91. The molecule has 5 heteroatoms. The Balaban J connectivity index is 0.000000307. The summed E-state index contributed by atoms with van der Waals surface area (Å²) >= 11 is 1.84. The molecular formula is C35H42IrNO2S-. The van der Waals surface area contributed by atoms with Crippen LogP contribution in [0.4, 0.5) is 0 Å². The van der Waals surface area contributed by atoms with Crippen molar-refractivity contribution in [3.63, 3.8) is 0 Å². The fourth-order valence-corrected chi connectivity index (χ4v) is 6.16. The number of hydrogen-bond acceptors (Lipinski definition) is 4. The van der Waals surface area contributed by atoms with Crippen LogP contribution in [0.25, 0.3) is 31.8 Å². The minimum atomic E-state index is 0. The molecule has 0 saturated heterocycles. The van der Waals surface area contributed by atoms with Gasteiger partial charge in [-0.1, -0.05) is 77.9 Å². The number of aliphatic hydroxyl groups is 1. The molecule has 0 aliphatic carbocycles. The van der Waals surface area contributed by atoms with Gasteiger partial charge in [-0.2, -0.15) is 0 Å². The normalized spacial score (nSPS) is 11.4. The summed E-state index contributed by atoms with van der Waals surface area (Å²) in [4.78, 5) is 17.7. The van der Waals surface area contributed by atoms with Crippen LogP contribution < -0.4 is 0 Å².